The van der Waals surface area contributed by atoms with Crippen molar-refractivity contribution in [2.24, 2.45) is 0 Å². The number of halogens is 3. The Kier molecular flexibility index (Phi) is 5.26. The molecule has 1 unspecified atom stereocenters. The van der Waals surface area contributed by atoms with Gasteiger partial charge < -0.3 is 0 Å². The summed E-state index contributed by atoms with van der Waals surface area (Å²) in [5.41, 5.74) is 0.141. The van der Waals surface area contributed by atoms with Crippen molar-refractivity contribution in [3.63, 3.8) is 0 Å². The Bertz CT molecular complexity index is 990. The van der Waals surface area contributed by atoms with Gasteiger partial charge in [0.1, 0.15) is 0 Å². The summed E-state index contributed by atoms with van der Waals surface area (Å²) < 4.78 is 59.7. The molecule has 1 N–H and O–H groups in total. The zero-order valence-corrected chi connectivity index (χ0v) is 15.0. The van der Waals surface area contributed by atoms with Crippen molar-refractivity contribution in [2.75, 3.05) is 0 Å². The molecular weight excluding hydrogens is 399 g/mol. The van der Waals surface area contributed by atoms with E-state index in [0.717, 1.165) is 6.42 Å². The third-order valence-corrected chi connectivity index (χ3v) is 5.21. The Morgan fingerprint density at radius 3 is 1.86 bits per heavy atom. The van der Waals surface area contributed by atoms with Crippen LogP contribution in [0.5, 0.6) is 0 Å². The second-order valence-electron chi connectivity index (χ2n) is 6.09. The molecule has 1 saturated heterocycles. The first kappa shape index (κ1) is 20.0. The summed E-state index contributed by atoms with van der Waals surface area (Å²) in [6, 6.07) is 17.3. The van der Waals surface area contributed by atoms with Crippen LogP contribution in [-0.4, -0.2) is 31.8 Å². The first-order chi connectivity index (χ1) is 13.1. The summed E-state index contributed by atoms with van der Waals surface area (Å²) in [7, 11) is -5.85. The summed E-state index contributed by atoms with van der Waals surface area (Å²) in [6.45, 7) is 0. The number of fused-ring (bicyclic) bond motifs is 3. The third kappa shape index (κ3) is 4.07. The van der Waals surface area contributed by atoms with Gasteiger partial charge in [-0.15, -0.1) is 0 Å². The van der Waals surface area contributed by atoms with Crippen LogP contribution in [0.2, 0.25) is 0 Å². The quantitative estimate of drug-likeness (QED) is 0.396. The number of benzene rings is 2. The fraction of sp³-hybridized carbons (Fsp3) is 0.222. The summed E-state index contributed by atoms with van der Waals surface area (Å²) in [4.78, 5) is 21.2. The van der Waals surface area contributed by atoms with Crippen LogP contribution in [-0.2, 0) is 30.3 Å². The van der Waals surface area contributed by atoms with Gasteiger partial charge in [0.25, 0.3) is 5.91 Å². The molecule has 2 aliphatic rings. The molecule has 6 nitrogen and oxygen atoms in total. The molecular formula is C18H14F3NO5S. The van der Waals surface area contributed by atoms with E-state index in [1.54, 1.807) is 5.32 Å². The zero-order chi connectivity index (χ0) is 20.5. The van der Waals surface area contributed by atoms with E-state index < -0.39 is 40.0 Å². The summed E-state index contributed by atoms with van der Waals surface area (Å²) in [6.07, 6.45) is -1.58. The lowest BCUT2D eigenvalue weighted by Crippen LogP contribution is -2.34. The molecule has 2 aromatic carbocycles. The monoisotopic (exact) mass is 413 g/mol. The number of hydrogen-bond acceptors (Lipinski definition) is 5. The maximum Gasteiger partial charge on any atom is 0.523 e. The van der Waals surface area contributed by atoms with Crippen molar-refractivity contribution >= 4 is 21.9 Å². The first-order valence-corrected chi connectivity index (χ1v) is 9.49. The predicted octanol–water partition coefficient (Wildman–Crippen LogP) is 2.53. The van der Waals surface area contributed by atoms with Gasteiger partial charge >= 0.3 is 15.6 Å². The van der Waals surface area contributed by atoms with E-state index in [0.29, 0.717) is 0 Å². The fourth-order valence-corrected chi connectivity index (χ4v) is 3.47. The van der Waals surface area contributed by atoms with Crippen molar-refractivity contribution < 1.29 is 35.4 Å². The zero-order valence-electron chi connectivity index (χ0n) is 14.2. The lowest BCUT2D eigenvalue weighted by atomic mass is 10.1. The maximum atomic E-state index is 11.8. The van der Waals surface area contributed by atoms with Crippen LogP contribution in [0.15, 0.2) is 48.5 Å². The largest absolute Gasteiger partial charge is 0.523 e. The summed E-state index contributed by atoms with van der Waals surface area (Å²) in [5.74, 6) is -2.09. The molecule has 0 saturated carbocycles. The molecule has 148 valence electrons. The smallest absolute Gasteiger partial charge is 0.294 e. The van der Waals surface area contributed by atoms with Gasteiger partial charge in [-0.25, -0.2) is 4.18 Å². The third-order valence-electron chi connectivity index (χ3n) is 4.16. The van der Waals surface area contributed by atoms with Gasteiger partial charge in [0.15, 0.2) is 6.10 Å². The van der Waals surface area contributed by atoms with Crippen LogP contribution < -0.4 is 5.32 Å². The lowest BCUT2D eigenvalue weighted by molar-refractivity contribution is -0.127. The van der Waals surface area contributed by atoms with E-state index in [2.05, 4.69) is 52.7 Å². The maximum absolute atomic E-state index is 11.8. The van der Waals surface area contributed by atoms with Crippen molar-refractivity contribution in [1.29, 1.82) is 0 Å². The molecule has 1 aliphatic heterocycles. The highest BCUT2D eigenvalue weighted by Crippen LogP contribution is 2.35. The van der Waals surface area contributed by atoms with E-state index in [1.807, 2.05) is 0 Å². The predicted molar refractivity (Wildman–Crippen MR) is 92.3 cm³/mol. The van der Waals surface area contributed by atoms with Crippen LogP contribution >= 0.6 is 0 Å². The summed E-state index contributed by atoms with van der Waals surface area (Å²) >= 11 is 0. The minimum atomic E-state index is -5.85. The summed E-state index contributed by atoms with van der Waals surface area (Å²) in [5, 5.41) is 1.61. The van der Waals surface area contributed by atoms with Gasteiger partial charge in [-0.05, 0) is 28.7 Å². The van der Waals surface area contributed by atoms with Gasteiger partial charge in [-0.1, -0.05) is 48.5 Å². The highest BCUT2D eigenvalue weighted by Gasteiger charge is 2.50. The standard InChI is InChI=1S/C13H10.C5H4F3NO5S/c1-3-7-12-10(5-1)9-11-6-2-4-8-13(11)12;6-5(7,8)15(12,13)14-2-1-3(10)9-4(2)11/h1-8H,9H2;2H,1H2,(H,9,10,11). The number of amides is 2. The molecule has 0 spiro atoms. The number of carbonyl (C=O) groups excluding carboxylic acids is 2. The lowest BCUT2D eigenvalue weighted by Gasteiger charge is -2.10. The Morgan fingerprint density at radius 1 is 0.929 bits per heavy atom. The minimum Gasteiger partial charge on any atom is -0.294 e. The Labute approximate surface area is 158 Å². The highest BCUT2D eigenvalue weighted by atomic mass is 32.2. The van der Waals surface area contributed by atoms with Crippen LogP contribution in [0.3, 0.4) is 0 Å². The second-order valence-corrected chi connectivity index (χ2v) is 7.66. The van der Waals surface area contributed by atoms with E-state index in [-0.39, 0.29) is 0 Å². The fourth-order valence-electron chi connectivity index (χ4n) is 2.89. The van der Waals surface area contributed by atoms with Crippen LogP contribution in [0, 0.1) is 0 Å². The average Bonchev–Trinajstić information content (AvgIpc) is 3.13. The van der Waals surface area contributed by atoms with Gasteiger partial charge in [0, 0.05) is 0 Å². The SMILES string of the molecule is O=C1CC(OS(=O)(=O)C(F)(F)F)C(=O)N1.c1ccc2c(c1)Cc1ccccc1-2. The molecule has 2 amide bonds. The number of carbonyl (C=O) groups is 2. The average molecular weight is 413 g/mol. The van der Waals surface area contributed by atoms with Gasteiger partial charge in [-0.2, -0.15) is 21.6 Å². The minimum absolute atomic E-state index is 0.742. The number of nitrogens with one attached hydrogen (secondary N) is 1. The normalized spacial score (nSPS) is 18.0. The van der Waals surface area contributed by atoms with Crippen molar-refractivity contribution in [1.82, 2.24) is 5.32 Å². The van der Waals surface area contributed by atoms with Crippen LogP contribution in [0.25, 0.3) is 11.1 Å². The molecule has 2 aromatic rings. The van der Waals surface area contributed by atoms with Crippen LogP contribution in [0.4, 0.5) is 13.2 Å². The van der Waals surface area contributed by atoms with Crippen molar-refractivity contribution in [3.8, 4) is 11.1 Å². The van der Waals surface area contributed by atoms with E-state index >= 15 is 0 Å². The molecule has 1 aliphatic carbocycles. The van der Waals surface area contributed by atoms with E-state index in [1.165, 1.54) is 22.3 Å². The first-order valence-electron chi connectivity index (χ1n) is 8.08. The number of alkyl halides is 3. The molecule has 1 heterocycles. The van der Waals surface area contributed by atoms with Crippen molar-refractivity contribution in [2.45, 2.75) is 24.5 Å². The van der Waals surface area contributed by atoms with E-state index in [9.17, 15) is 31.2 Å². The Balaban J connectivity index is 0.000000162. The molecule has 0 aromatic heterocycles. The van der Waals surface area contributed by atoms with Crippen molar-refractivity contribution in [3.05, 3.63) is 59.7 Å². The number of hydrogen-bond donors (Lipinski definition) is 1. The number of rotatable bonds is 2. The molecule has 4 rings (SSSR count). The highest BCUT2D eigenvalue weighted by molar-refractivity contribution is 7.87. The Morgan fingerprint density at radius 2 is 1.43 bits per heavy atom. The molecule has 0 bridgehead atoms. The van der Waals surface area contributed by atoms with Gasteiger partial charge in [0.2, 0.25) is 5.91 Å². The van der Waals surface area contributed by atoms with Gasteiger partial charge in [0.05, 0.1) is 6.42 Å². The second kappa shape index (κ2) is 7.36. The Hall–Kier alpha value is -2.72. The van der Waals surface area contributed by atoms with Gasteiger partial charge in [-0.3, -0.25) is 14.9 Å². The molecule has 28 heavy (non-hydrogen) atoms. The molecule has 1 fully saturated rings. The molecule has 10 heteroatoms. The molecule has 1 atom stereocenters. The van der Waals surface area contributed by atoms with E-state index in [4.69, 9.17) is 0 Å². The number of imide groups is 1. The topological polar surface area (TPSA) is 89.5 Å². The molecule has 0 radical (unpaired) electrons. The van der Waals surface area contributed by atoms with Crippen LogP contribution in [0.1, 0.15) is 17.5 Å².